The predicted octanol–water partition coefficient (Wildman–Crippen LogP) is 3.26. The van der Waals surface area contributed by atoms with Gasteiger partial charge >= 0.3 is 0 Å². The van der Waals surface area contributed by atoms with Gasteiger partial charge in [0, 0.05) is 37.7 Å². The predicted molar refractivity (Wildman–Crippen MR) is 98.2 cm³/mol. The van der Waals surface area contributed by atoms with E-state index < -0.39 is 0 Å². The molecule has 4 atom stereocenters. The van der Waals surface area contributed by atoms with Crippen molar-refractivity contribution < 1.29 is 9.53 Å². The summed E-state index contributed by atoms with van der Waals surface area (Å²) >= 11 is 0. The van der Waals surface area contributed by atoms with E-state index in [2.05, 4.69) is 40.5 Å². The number of fused-ring (bicyclic) bond motifs is 2. The zero-order chi connectivity index (χ0) is 17.1. The molecule has 0 aliphatic carbocycles. The monoisotopic (exact) mass is 342 g/mol. The van der Waals surface area contributed by atoms with Crippen molar-refractivity contribution in [1.82, 2.24) is 10.2 Å². The molecule has 2 bridgehead atoms. The number of benzene rings is 1. The highest BCUT2D eigenvalue weighted by atomic mass is 16.5. The molecule has 1 aromatic rings. The van der Waals surface area contributed by atoms with Crippen molar-refractivity contribution in [3.63, 3.8) is 0 Å². The molecular formula is C21H30N2O2. The van der Waals surface area contributed by atoms with Crippen molar-refractivity contribution >= 4 is 5.91 Å². The fourth-order valence-electron chi connectivity index (χ4n) is 4.91. The molecule has 1 N–H and O–H groups in total. The van der Waals surface area contributed by atoms with E-state index in [9.17, 15) is 4.79 Å². The number of rotatable bonds is 6. The molecular weight excluding hydrogens is 312 g/mol. The van der Waals surface area contributed by atoms with Crippen LogP contribution in [0.3, 0.4) is 0 Å². The average Bonchev–Trinajstić information content (AvgIpc) is 3.21. The van der Waals surface area contributed by atoms with Crippen LogP contribution in [0, 0.1) is 0 Å². The SMILES string of the molecule is O=C(CC[C@H]1CCCO1)NC1C[C@H]2CC[C@@H](C1)N2Cc1ccccc1. The summed E-state index contributed by atoms with van der Waals surface area (Å²) < 4.78 is 5.62. The zero-order valence-electron chi connectivity index (χ0n) is 15.0. The fourth-order valence-corrected chi connectivity index (χ4v) is 4.91. The third-order valence-corrected chi connectivity index (χ3v) is 6.17. The lowest BCUT2D eigenvalue weighted by Gasteiger charge is -2.39. The van der Waals surface area contributed by atoms with Crippen molar-refractivity contribution in [2.75, 3.05) is 6.61 Å². The van der Waals surface area contributed by atoms with Crippen molar-refractivity contribution in [1.29, 1.82) is 0 Å². The van der Waals surface area contributed by atoms with Crippen molar-refractivity contribution in [3.8, 4) is 0 Å². The van der Waals surface area contributed by atoms with E-state index in [1.165, 1.54) is 18.4 Å². The van der Waals surface area contributed by atoms with Gasteiger partial charge in [0.1, 0.15) is 0 Å². The summed E-state index contributed by atoms with van der Waals surface area (Å²) in [5.41, 5.74) is 1.40. The largest absolute Gasteiger partial charge is 0.378 e. The lowest BCUT2D eigenvalue weighted by atomic mass is 9.96. The molecule has 0 saturated carbocycles. The molecule has 136 valence electrons. The first-order valence-corrected chi connectivity index (χ1v) is 9.98. The molecule has 0 aromatic heterocycles. The summed E-state index contributed by atoms with van der Waals surface area (Å²) in [6.45, 7) is 1.92. The maximum Gasteiger partial charge on any atom is 0.220 e. The minimum atomic E-state index is 0.219. The molecule has 3 fully saturated rings. The molecule has 3 saturated heterocycles. The molecule has 0 radical (unpaired) electrons. The molecule has 3 aliphatic heterocycles. The molecule has 4 nitrogen and oxygen atoms in total. The van der Waals surface area contributed by atoms with Gasteiger partial charge in [0.2, 0.25) is 5.91 Å². The second-order valence-corrected chi connectivity index (χ2v) is 7.95. The number of nitrogens with one attached hydrogen (secondary N) is 1. The summed E-state index contributed by atoms with van der Waals surface area (Å²) in [5.74, 6) is 0.219. The Morgan fingerprint density at radius 2 is 1.88 bits per heavy atom. The second kappa shape index (κ2) is 7.88. The van der Waals surface area contributed by atoms with Gasteiger partial charge in [0.05, 0.1) is 6.10 Å². The van der Waals surface area contributed by atoms with Gasteiger partial charge in [-0.2, -0.15) is 0 Å². The Bertz CT molecular complexity index is 557. The maximum atomic E-state index is 12.3. The first-order valence-electron chi connectivity index (χ1n) is 9.98. The number of ether oxygens (including phenoxy) is 1. The number of carbonyl (C=O) groups is 1. The van der Waals surface area contributed by atoms with Crippen molar-refractivity contribution in [3.05, 3.63) is 35.9 Å². The van der Waals surface area contributed by atoms with Gasteiger partial charge in [0.15, 0.2) is 0 Å². The van der Waals surface area contributed by atoms with E-state index in [1.54, 1.807) is 0 Å². The van der Waals surface area contributed by atoms with Gasteiger partial charge in [-0.05, 0) is 50.5 Å². The summed E-state index contributed by atoms with van der Waals surface area (Å²) in [6.07, 6.45) is 8.85. The Kier molecular flexibility index (Phi) is 5.37. The van der Waals surface area contributed by atoms with Crippen LogP contribution in [-0.2, 0) is 16.1 Å². The van der Waals surface area contributed by atoms with Crippen LogP contribution in [0.4, 0.5) is 0 Å². The van der Waals surface area contributed by atoms with Crippen molar-refractivity contribution in [2.45, 2.75) is 82.1 Å². The molecule has 25 heavy (non-hydrogen) atoms. The van der Waals surface area contributed by atoms with Gasteiger partial charge in [-0.15, -0.1) is 0 Å². The van der Waals surface area contributed by atoms with Crippen molar-refractivity contribution in [2.24, 2.45) is 0 Å². The van der Waals surface area contributed by atoms with Gasteiger partial charge in [0.25, 0.3) is 0 Å². The summed E-state index contributed by atoms with van der Waals surface area (Å²) in [6, 6.07) is 12.4. The third kappa shape index (κ3) is 4.24. The standard InChI is InChI=1S/C21H30N2O2/c24-21(11-10-20-7-4-12-25-20)22-17-13-18-8-9-19(14-17)23(18)15-16-5-2-1-3-6-16/h1-3,5-6,17-20H,4,7-15H2,(H,22,24)/t17?,18-,19+,20-/m1/s1. The maximum absolute atomic E-state index is 12.3. The van der Waals surface area contributed by atoms with Crippen LogP contribution < -0.4 is 5.32 Å². The van der Waals surface area contributed by atoms with Crippen LogP contribution in [0.25, 0.3) is 0 Å². The topological polar surface area (TPSA) is 41.6 Å². The Hall–Kier alpha value is -1.39. The van der Waals surface area contributed by atoms with Gasteiger partial charge in [-0.25, -0.2) is 0 Å². The lowest BCUT2D eigenvalue weighted by molar-refractivity contribution is -0.122. The normalized spacial score (nSPS) is 32.0. The molecule has 3 heterocycles. The van der Waals surface area contributed by atoms with E-state index in [4.69, 9.17) is 4.74 Å². The van der Waals surface area contributed by atoms with Crippen LogP contribution in [0.15, 0.2) is 30.3 Å². The van der Waals surface area contributed by atoms with Gasteiger partial charge in [-0.1, -0.05) is 30.3 Å². The van der Waals surface area contributed by atoms with E-state index in [0.29, 0.717) is 30.7 Å². The average molecular weight is 342 g/mol. The number of piperidine rings is 1. The van der Waals surface area contributed by atoms with Crippen LogP contribution >= 0.6 is 0 Å². The number of nitrogens with zero attached hydrogens (tertiary/aromatic N) is 1. The van der Waals surface area contributed by atoms with E-state index >= 15 is 0 Å². The van der Waals surface area contributed by atoms with Crippen LogP contribution in [0.5, 0.6) is 0 Å². The number of carbonyl (C=O) groups excluding carboxylic acids is 1. The number of hydrogen-bond acceptors (Lipinski definition) is 3. The van der Waals surface area contributed by atoms with Crippen LogP contribution in [0.2, 0.25) is 0 Å². The van der Waals surface area contributed by atoms with Gasteiger partial charge in [-0.3, -0.25) is 9.69 Å². The Balaban J connectivity index is 1.25. The smallest absolute Gasteiger partial charge is 0.220 e. The Morgan fingerprint density at radius 3 is 2.56 bits per heavy atom. The summed E-state index contributed by atoms with van der Waals surface area (Å²) in [5, 5.41) is 3.31. The fraction of sp³-hybridized carbons (Fsp3) is 0.667. The molecule has 1 aromatic carbocycles. The molecule has 3 aliphatic rings. The third-order valence-electron chi connectivity index (χ3n) is 6.17. The van der Waals surface area contributed by atoms with E-state index in [-0.39, 0.29) is 5.91 Å². The molecule has 4 rings (SSSR count). The first-order chi connectivity index (χ1) is 12.3. The second-order valence-electron chi connectivity index (χ2n) is 7.95. The summed E-state index contributed by atoms with van der Waals surface area (Å²) in [7, 11) is 0. The number of amides is 1. The number of hydrogen-bond donors (Lipinski definition) is 1. The minimum absolute atomic E-state index is 0.219. The Morgan fingerprint density at radius 1 is 1.12 bits per heavy atom. The van der Waals surface area contributed by atoms with E-state index in [1.807, 2.05) is 0 Å². The quantitative estimate of drug-likeness (QED) is 0.863. The van der Waals surface area contributed by atoms with Crippen LogP contribution in [0.1, 0.15) is 56.9 Å². The first kappa shape index (κ1) is 17.0. The zero-order valence-corrected chi connectivity index (χ0v) is 15.0. The summed E-state index contributed by atoms with van der Waals surface area (Å²) in [4.78, 5) is 15.0. The molecule has 4 heteroatoms. The minimum Gasteiger partial charge on any atom is -0.378 e. The molecule has 1 unspecified atom stereocenters. The highest BCUT2D eigenvalue weighted by Gasteiger charge is 2.40. The highest BCUT2D eigenvalue weighted by molar-refractivity contribution is 5.76. The molecule has 0 spiro atoms. The lowest BCUT2D eigenvalue weighted by Crippen LogP contribution is -2.50. The Labute approximate surface area is 150 Å². The van der Waals surface area contributed by atoms with Gasteiger partial charge < -0.3 is 10.1 Å². The molecule has 1 amide bonds. The van der Waals surface area contributed by atoms with E-state index in [0.717, 1.165) is 45.3 Å². The highest BCUT2D eigenvalue weighted by Crippen LogP contribution is 2.36. The van der Waals surface area contributed by atoms with Crippen LogP contribution in [-0.4, -0.2) is 41.6 Å².